The molecule has 164 valence electrons. The normalized spacial score (nSPS) is 13.0. The quantitative estimate of drug-likeness (QED) is 0.661. The molecule has 0 aliphatic carbocycles. The lowest BCUT2D eigenvalue weighted by atomic mass is 9.87. The first-order valence-corrected chi connectivity index (χ1v) is 11.2. The van der Waals surface area contributed by atoms with Crippen molar-refractivity contribution in [3.8, 4) is 5.75 Å². The first kappa shape index (κ1) is 23.8. The summed E-state index contributed by atoms with van der Waals surface area (Å²) >= 11 is 0. The van der Waals surface area contributed by atoms with Crippen molar-refractivity contribution in [2.24, 2.45) is 0 Å². The molecular weight excluding hydrogens is 407 g/mol. The maximum absolute atomic E-state index is 13.8. The zero-order valence-corrected chi connectivity index (χ0v) is 18.8. The molecule has 0 aliphatic heterocycles. The van der Waals surface area contributed by atoms with Gasteiger partial charge < -0.3 is 10.1 Å². The van der Waals surface area contributed by atoms with Crippen LogP contribution in [0.5, 0.6) is 5.75 Å². The number of carbonyl (C=O) groups excluding carboxylic acids is 1. The molecule has 6 nitrogen and oxygen atoms in total. The minimum atomic E-state index is -3.71. The molecule has 1 unspecified atom stereocenters. The number of amides is 1. The smallest absolute Gasteiger partial charge is 0.240 e. The number of benzene rings is 2. The van der Waals surface area contributed by atoms with Gasteiger partial charge >= 0.3 is 0 Å². The van der Waals surface area contributed by atoms with Gasteiger partial charge in [0.1, 0.15) is 0 Å². The minimum Gasteiger partial charge on any atom is -0.494 e. The Morgan fingerprint density at radius 3 is 2.30 bits per heavy atom. The molecule has 2 N–H and O–H groups in total. The molecule has 0 fully saturated rings. The average Bonchev–Trinajstić information content (AvgIpc) is 2.67. The summed E-state index contributed by atoms with van der Waals surface area (Å²) in [6, 6.07) is 10.7. The van der Waals surface area contributed by atoms with Gasteiger partial charge in [-0.2, -0.15) is 0 Å². The summed E-state index contributed by atoms with van der Waals surface area (Å²) in [6.45, 7) is 7.83. The van der Waals surface area contributed by atoms with Crippen LogP contribution in [0.1, 0.15) is 51.3 Å². The molecule has 0 heterocycles. The predicted octanol–water partition coefficient (Wildman–Crippen LogP) is 3.68. The van der Waals surface area contributed by atoms with Crippen LogP contribution in [0.25, 0.3) is 0 Å². The van der Waals surface area contributed by atoms with Crippen LogP contribution in [0.4, 0.5) is 4.39 Å². The topological polar surface area (TPSA) is 84.5 Å². The van der Waals surface area contributed by atoms with Crippen LogP contribution in [0.3, 0.4) is 0 Å². The number of ether oxygens (including phenoxy) is 1. The molecule has 2 aromatic carbocycles. The first-order chi connectivity index (χ1) is 13.9. The maximum Gasteiger partial charge on any atom is 0.240 e. The largest absolute Gasteiger partial charge is 0.494 e. The van der Waals surface area contributed by atoms with Crippen LogP contribution in [0.2, 0.25) is 0 Å². The van der Waals surface area contributed by atoms with E-state index in [0.717, 1.165) is 5.56 Å². The Morgan fingerprint density at radius 1 is 1.13 bits per heavy atom. The Kier molecular flexibility index (Phi) is 7.60. The summed E-state index contributed by atoms with van der Waals surface area (Å²) < 4.78 is 46.0. The van der Waals surface area contributed by atoms with E-state index in [1.165, 1.54) is 19.2 Å². The molecule has 1 atom stereocenters. The molecular formula is C22H29FN2O4S. The summed E-state index contributed by atoms with van der Waals surface area (Å²) in [7, 11) is -2.33. The van der Waals surface area contributed by atoms with Gasteiger partial charge in [-0.05, 0) is 47.7 Å². The Morgan fingerprint density at radius 2 is 1.77 bits per heavy atom. The number of rotatable bonds is 8. The van der Waals surface area contributed by atoms with Crippen molar-refractivity contribution >= 4 is 15.9 Å². The van der Waals surface area contributed by atoms with E-state index in [9.17, 15) is 17.6 Å². The van der Waals surface area contributed by atoms with Gasteiger partial charge in [-0.25, -0.2) is 17.5 Å². The molecule has 2 rings (SSSR count). The van der Waals surface area contributed by atoms with Crippen LogP contribution in [-0.4, -0.2) is 28.0 Å². The van der Waals surface area contributed by atoms with Crippen molar-refractivity contribution < 1.29 is 22.3 Å². The van der Waals surface area contributed by atoms with E-state index in [1.54, 1.807) is 37.3 Å². The standard InChI is InChI=1S/C22H29FN2O4S/c1-15(16-6-11-20(29-5)19(23)14-16)25-21(26)12-13-24-30(27,28)18-9-7-17(8-10-18)22(2,3)4/h6-11,14-15,24H,12-13H2,1-5H3,(H,25,26). The van der Waals surface area contributed by atoms with E-state index in [1.807, 2.05) is 0 Å². The van der Waals surface area contributed by atoms with E-state index in [4.69, 9.17) is 4.74 Å². The summed E-state index contributed by atoms with van der Waals surface area (Å²) in [6.07, 6.45) is -0.0394. The van der Waals surface area contributed by atoms with Gasteiger partial charge in [0, 0.05) is 13.0 Å². The van der Waals surface area contributed by atoms with Gasteiger partial charge in [0.05, 0.1) is 18.0 Å². The van der Waals surface area contributed by atoms with E-state index < -0.39 is 21.9 Å². The minimum absolute atomic E-state index is 0.0394. The average molecular weight is 437 g/mol. The zero-order valence-electron chi connectivity index (χ0n) is 18.0. The zero-order chi connectivity index (χ0) is 22.5. The summed E-state index contributed by atoms with van der Waals surface area (Å²) in [4.78, 5) is 12.3. The first-order valence-electron chi connectivity index (χ1n) is 9.67. The van der Waals surface area contributed by atoms with E-state index >= 15 is 0 Å². The van der Waals surface area contributed by atoms with Crippen LogP contribution >= 0.6 is 0 Å². The fraction of sp³-hybridized carbons (Fsp3) is 0.409. The number of sulfonamides is 1. The van der Waals surface area contributed by atoms with Crippen molar-refractivity contribution in [1.29, 1.82) is 0 Å². The molecule has 1 amide bonds. The molecule has 0 saturated carbocycles. The molecule has 0 spiro atoms. The second-order valence-electron chi connectivity index (χ2n) is 8.11. The van der Waals surface area contributed by atoms with E-state index in [0.29, 0.717) is 5.56 Å². The number of carbonyl (C=O) groups is 1. The monoisotopic (exact) mass is 436 g/mol. The van der Waals surface area contributed by atoms with E-state index in [2.05, 4.69) is 30.8 Å². The third kappa shape index (κ3) is 6.27. The van der Waals surface area contributed by atoms with Gasteiger partial charge in [0.2, 0.25) is 15.9 Å². The number of methoxy groups -OCH3 is 1. The molecule has 0 bridgehead atoms. The molecule has 2 aromatic rings. The summed E-state index contributed by atoms with van der Waals surface area (Å²) in [5, 5.41) is 2.73. The van der Waals surface area contributed by atoms with Gasteiger partial charge in [-0.15, -0.1) is 0 Å². The molecule has 0 aromatic heterocycles. The molecule has 0 radical (unpaired) electrons. The second-order valence-corrected chi connectivity index (χ2v) is 9.87. The lowest BCUT2D eigenvalue weighted by Gasteiger charge is -2.19. The summed E-state index contributed by atoms with van der Waals surface area (Å²) in [5.41, 5.74) is 1.54. The SMILES string of the molecule is COc1ccc(C(C)NC(=O)CCNS(=O)(=O)c2ccc(C(C)(C)C)cc2)cc1F. The third-order valence-corrected chi connectivity index (χ3v) is 6.21. The Labute approximate surface area is 177 Å². The van der Waals surface area contributed by atoms with Crippen molar-refractivity contribution in [3.05, 3.63) is 59.4 Å². The fourth-order valence-corrected chi connectivity index (χ4v) is 3.90. The number of nitrogens with one attached hydrogen (secondary N) is 2. The van der Waals surface area contributed by atoms with Crippen LogP contribution in [0.15, 0.2) is 47.4 Å². The Bertz CT molecular complexity index is 983. The Hall–Kier alpha value is -2.45. The fourth-order valence-electron chi connectivity index (χ4n) is 2.87. The maximum atomic E-state index is 13.8. The van der Waals surface area contributed by atoms with Crippen molar-refractivity contribution in [2.75, 3.05) is 13.7 Å². The van der Waals surface area contributed by atoms with E-state index in [-0.39, 0.29) is 34.9 Å². The van der Waals surface area contributed by atoms with Crippen LogP contribution < -0.4 is 14.8 Å². The lowest BCUT2D eigenvalue weighted by Crippen LogP contribution is -2.32. The van der Waals surface area contributed by atoms with Crippen LogP contribution in [-0.2, 0) is 20.2 Å². The van der Waals surface area contributed by atoms with Gasteiger partial charge in [-0.3, -0.25) is 4.79 Å². The Balaban J connectivity index is 1.89. The van der Waals surface area contributed by atoms with Crippen LogP contribution in [0, 0.1) is 5.82 Å². The molecule has 0 aliphatic rings. The lowest BCUT2D eigenvalue weighted by molar-refractivity contribution is -0.121. The predicted molar refractivity (Wildman–Crippen MR) is 114 cm³/mol. The van der Waals surface area contributed by atoms with Gasteiger partial charge in [0.15, 0.2) is 11.6 Å². The van der Waals surface area contributed by atoms with Gasteiger partial charge in [0.25, 0.3) is 0 Å². The molecule has 0 saturated heterocycles. The summed E-state index contributed by atoms with van der Waals surface area (Å²) in [5.74, 6) is -0.729. The second kappa shape index (κ2) is 9.57. The van der Waals surface area contributed by atoms with Gasteiger partial charge in [-0.1, -0.05) is 39.0 Å². The highest BCUT2D eigenvalue weighted by Gasteiger charge is 2.18. The van der Waals surface area contributed by atoms with Crippen molar-refractivity contribution in [2.45, 2.75) is 50.5 Å². The van der Waals surface area contributed by atoms with Crippen molar-refractivity contribution in [1.82, 2.24) is 10.0 Å². The number of halogens is 1. The highest BCUT2D eigenvalue weighted by molar-refractivity contribution is 7.89. The highest BCUT2D eigenvalue weighted by Crippen LogP contribution is 2.23. The third-order valence-electron chi connectivity index (χ3n) is 4.73. The highest BCUT2D eigenvalue weighted by atomic mass is 32.2. The number of hydrogen-bond acceptors (Lipinski definition) is 4. The molecule has 8 heteroatoms. The van der Waals surface area contributed by atoms with Crippen molar-refractivity contribution in [3.63, 3.8) is 0 Å². The molecule has 30 heavy (non-hydrogen) atoms. The number of hydrogen-bond donors (Lipinski definition) is 2.